The van der Waals surface area contributed by atoms with Crippen LogP contribution in [0.5, 0.6) is 0 Å². The lowest BCUT2D eigenvalue weighted by Crippen LogP contribution is -2.46. The van der Waals surface area contributed by atoms with E-state index in [2.05, 4.69) is 5.32 Å². The lowest BCUT2D eigenvalue weighted by Gasteiger charge is -2.31. The molecular formula is C19H17N3O5S2. The Balaban J connectivity index is 1.40. The maximum absolute atomic E-state index is 13.2. The third kappa shape index (κ3) is 2.42. The van der Waals surface area contributed by atoms with Crippen LogP contribution in [0.2, 0.25) is 0 Å². The zero-order valence-electron chi connectivity index (χ0n) is 15.3. The van der Waals surface area contributed by atoms with Gasteiger partial charge in [0.1, 0.15) is 10.4 Å². The van der Waals surface area contributed by atoms with E-state index < -0.39 is 27.5 Å². The topological polar surface area (TPSA) is 104 Å². The number of nitrogens with one attached hydrogen (secondary N) is 1. The third-order valence-electron chi connectivity index (χ3n) is 5.78. The summed E-state index contributed by atoms with van der Waals surface area (Å²) < 4.78 is 26.1. The van der Waals surface area contributed by atoms with Crippen LogP contribution in [0.3, 0.4) is 0 Å². The van der Waals surface area contributed by atoms with Crippen molar-refractivity contribution in [1.29, 1.82) is 0 Å². The second kappa shape index (κ2) is 6.14. The summed E-state index contributed by atoms with van der Waals surface area (Å²) in [6, 6.07) is 7.29. The molecule has 1 fully saturated rings. The van der Waals surface area contributed by atoms with Crippen LogP contribution in [0.1, 0.15) is 33.6 Å². The quantitative estimate of drug-likeness (QED) is 0.745. The molecule has 8 nitrogen and oxygen atoms in total. The van der Waals surface area contributed by atoms with E-state index in [4.69, 9.17) is 0 Å². The molecule has 1 aromatic heterocycles. The van der Waals surface area contributed by atoms with Crippen LogP contribution in [0, 0.1) is 0 Å². The maximum atomic E-state index is 13.2. The maximum Gasteiger partial charge on any atom is 0.325 e. The number of thiophene rings is 1. The van der Waals surface area contributed by atoms with Gasteiger partial charge in [-0.1, -0.05) is 12.1 Å². The lowest BCUT2D eigenvalue weighted by atomic mass is 9.80. The van der Waals surface area contributed by atoms with Crippen molar-refractivity contribution >= 4 is 39.2 Å². The summed E-state index contributed by atoms with van der Waals surface area (Å²) in [6.07, 6.45) is 2.16. The summed E-state index contributed by atoms with van der Waals surface area (Å²) in [4.78, 5) is 40.4. The van der Waals surface area contributed by atoms with Gasteiger partial charge in [-0.05, 0) is 42.8 Å². The smallest absolute Gasteiger partial charge is 0.319 e. The zero-order valence-corrected chi connectivity index (χ0v) is 16.9. The second-order valence-electron chi connectivity index (χ2n) is 7.28. The van der Waals surface area contributed by atoms with Gasteiger partial charge in [-0.25, -0.2) is 17.5 Å². The van der Waals surface area contributed by atoms with Crippen LogP contribution in [0.4, 0.5) is 4.79 Å². The van der Waals surface area contributed by atoms with Crippen LogP contribution in [0.15, 0.2) is 40.6 Å². The van der Waals surface area contributed by atoms with E-state index in [1.54, 1.807) is 23.5 Å². The number of urea groups is 1. The van der Waals surface area contributed by atoms with Crippen LogP contribution in [0.25, 0.3) is 0 Å². The van der Waals surface area contributed by atoms with Gasteiger partial charge in [0.15, 0.2) is 0 Å². The van der Waals surface area contributed by atoms with E-state index in [1.165, 1.54) is 12.1 Å². The molecule has 10 heteroatoms. The molecule has 2 aromatic rings. The molecule has 3 aliphatic rings. The minimum absolute atomic E-state index is 0.0473. The highest BCUT2D eigenvalue weighted by Crippen LogP contribution is 2.42. The molecule has 3 heterocycles. The number of benzene rings is 1. The first kappa shape index (κ1) is 18.3. The zero-order chi connectivity index (χ0) is 20.4. The number of nitrogens with zero attached hydrogens (tertiary/aromatic N) is 2. The number of carbonyl (C=O) groups excluding carboxylic acids is 3. The Morgan fingerprint density at radius 3 is 2.69 bits per heavy atom. The van der Waals surface area contributed by atoms with Gasteiger partial charge in [-0.15, -0.1) is 11.3 Å². The van der Waals surface area contributed by atoms with E-state index in [-0.39, 0.29) is 29.5 Å². The highest BCUT2D eigenvalue weighted by Gasteiger charge is 2.54. The minimum Gasteiger partial charge on any atom is -0.319 e. The van der Waals surface area contributed by atoms with Crippen molar-refractivity contribution in [3.05, 3.63) is 51.7 Å². The minimum atomic E-state index is -3.98. The molecule has 1 atom stereocenters. The molecule has 1 aromatic carbocycles. The first-order valence-corrected chi connectivity index (χ1v) is 11.6. The van der Waals surface area contributed by atoms with E-state index in [0.29, 0.717) is 6.42 Å². The summed E-state index contributed by atoms with van der Waals surface area (Å²) in [5.41, 5.74) is -0.148. The highest BCUT2D eigenvalue weighted by atomic mass is 32.2. The normalized spacial score (nSPS) is 24.8. The Bertz CT molecular complexity index is 1170. The van der Waals surface area contributed by atoms with Gasteiger partial charge in [0.05, 0.1) is 12.1 Å². The molecular weight excluding hydrogens is 414 g/mol. The number of rotatable bonds is 3. The van der Waals surface area contributed by atoms with E-state index in [9.17, 15) is 22.8 Å². The number of carbonyl (C=O) groups is 3. The summed E-state index contributed by atoms with van der Waals surface area (Å²) in [5, 5.41) is 4.74. The number of hydrogen-bond donors (Lipinski definition) is 1. The lowest BCUT2D eigenvalue weighted by molar-refractivity contribution is -0.132. The fourth-order valence-electron chi connectivity index (χ4n) is 4.39. The van der Waals surface area contributed by atoms with Crippen LogP contribution in [-0.2, 0) is 26.8 Å². The predicted octanol–water partition coefficient (Wildman–Crippen LogP) is 1.68. The van der Waals surface area contributed by atoms with Crippen molar-refractivity contribution in [2.24, 2.45) is 0 Å². The van der Waals surface area contributed by atoms with Gasteiger partial charge in [0, 0.05) is 17.0 Å². The number of sulfonamides is 1. The van der Waals surface area contributed by atoms with E-state index >= 15 is 0 Å². The summed E-state index contributed by atoms with van der Waals surface area (Å²) in [5.74, 6) is -1.02. The van der Waals surface area contributed by atoms with Crippen LogP contribution in [-0.4, -0.2) is 48.6 Å². The van der Waals surface area contributed by atoms with Crippen molar-refractivity contribution in [1.82, 2.24) is 14.5 Å². The number of amides is 4. The Kier molecular flexibility index (Phi) is 3.88. The van der Waals surface area contributed by atoms with E-state index in [0.717, 1.165) is 32.5 Å². The molecule has 5 rings (SSSR count). The van der Waals surface area contributed by atoms with Crippen molar-refractivity contribution in [2.45, 2.75) is 29.7 Å². The molecule has 1 N–H and O–H groups in total. The molecule has 2 aliphatic heterocycles. The molecule has 1 spiro atoms. The van der Waals surface area contributed by atoms with Gasteiger partial charge < -0.3 is 5.32 Å². The van der Waals surface area contributed by atoms with Crippen molar-refractivity contribution in [3.63, 3.8) is 0 Å². The standard InChI is InChI=1S/C19H17N3O5S2/c23-16-12-4-1-2-6-15(12)29(26,27)22(16)10-9-21-17(24)19(20-18(21)25)8-3-5-14-13(19)7-11-28-14/h1-2,4,6-7,11H,3,5,8-10H2,(H,20,25)/t19-/m1/s1. The number of hydrogen-bond acceptors (Lipinski definition) is 6. The number of aryl methyl sites for hydroxylation is 1. The monoisotopic (exact) mass is 431 g/mol. The van der Waals surface area contributed by atoms with Gasteiger partial charge >= 0.3 is 6.03 Å². The summed E-state index contributed by atoms with van der Waals surface area (Å²) in [6.45, 7) is -0.466. The van der Waals surface area contributed by atoms with E-state index in [1.807, 2.05) is 11.4 Å². The van der Waals surface area contributed by atoms with Gasteiger partial charge in [0.2, 0.25) is 0 Å². The van der Waals surface area contributed by atoms with Gasteiger partial charge in [-0.2, -0.15) is 0 Å². The molecule has 1 saturated heterocycles. The average molecular weight is 431 g/mol. The van der Waals surface area contributed by atoms with Gasteiger partial charge in [-0.3, -0.25) is 14.5 Å². The fourth-order valence-corrected chi connectivity index (χ4v) is 6.95. The summed E-state index contributed by atoms with van der Waals surface area (Å²) >= 11 is 1.56. The second-order valence-corrected chi connectivity index (χ2v) is 10.1. The van der Waals surface area contributed by atoms with Crippen LogP contribution >= 0.6 is 11.3 Å². The Morgan fingerprint density at radius 2 is 1.90 bits per heavy atom. The first-order valence-electron chi connectivity index (χ1n) is 9.23. The van der Waals surface area contributed by atoms with Crippen molar-refractivity contribution in [3.8, 4) is 0 Å². The molecule has 29 heavy (non-hydrogen) atoms. The Hall–Kier alpha value is -2.72. The first-order chi connectivity index (χ1) is 13.9. The van der Waals surface area contributed by atoms with Crippen LogP contribution < -0.4 is 5.32 Å². The average Bonchev–Trinajstić information content (AvgIpc) is 3.32. The number of fused-ring (bicyclic) bond motifs is 3. The Morgan fingerprint density at radius 1 is 1.10 bits per heavy atom. The Labute approximate surface area is 171 Å². The molecule has 0 saturated carbocycles. The molecule has 1 aliphatic carbocycles. The number of imide groups is 1. The van der Waals surface area contributed by atoms with Crippen molar-refractivity contribution in [2.75, 3.05) is 13.1 Å². The van der Waals surface area contributed by atoms with Crippen molar-refractivity contribution < 1.29 is 22.8 Å². The summed E-state index contributed by atoms with van der Waals surface area (Å²) in [7, 11) is -3.98. The molecule has 0 radical (unpaired) electrons. The molecule has 0 unspecified atom stereocenters. The SMILES string of the molecule is O=C1N[C@@]2(CCCc3sccc32)C(=O)N1CCN1C(=O)c2ccccc2S1(=O)=O. The molecule has 0 bridgehead atoms. The predicted molar refractivity (Wildman–Crippen MR) is 104 cm³/mol. The fraction of sp³-hybridized carbons (Fsp3) is 0.316. The molecule has 150 valence electrons. The highest BCUT2D eigenvalue weighted by molar-refractivity contribution is 7.90. The largest absolute Gasteiger partial charge is 0.325 e. The molecule has 4 amide bonds. The third-order valence-corrected chi connectivity index (χ3v) is 8.60. The van der Waals surface area contributed by atoms with Gasteiger partial charge in [0.25, 0.3) is 21.8 Å².